The number of nitrogens with one attached hydrogen (secondary N) is 1. The van der Waals surface area contributed by atoms with Gasteiger partial charge in [-0.15, -0.1) is 0 Å². The molecule has 12 heteroatoms. The first kappa shape index (κ1) is 27.9. The first-order valence-electron chi connectivity index (χ1n) is 10.9. The maximum Gasteiger partial charge on any atom is 0.416 e. The van der Waals surface area contributed by atoms with E-state index in [-0.39, 0.29) is 25.0 Å². The van der Waals surface area contributed by atoms with Crippen molar-refractivity contribution in [2.24, 2.45) is 0 Å². The van der Waals surface area contributed by atoms with Crippen molar-refractivity contribution in [2.75, 3.05) is 7.05 Å². The van der Waals surface area contributed by atoms with Crippen molar-refractivity contribution in [3.8, 4) is 0 Å². The third kappa shape index (κ3) is 6.55. The second-order valence-electron chi connectivity index (χ2n) is 8.57. The van der Waals surface area contributed by atoms with Crippen LogP contribution in [0.15, 0.2) is 48.5 Å². The number of alkyl halides is 6. The van der Waals surface area contributed by atoms with E-state index in [0.717, 1.165) is 24.3 Å². The number of ether oxygens (including phenoxy) is 2. The van der Waals surface area contributed by atoms with E-state index in [1.54, 1.807) is 0 Å². The Balaban J connectivity index is 1.76. The van der Waals surface area contributed by atoms with Gasteiger partial charge in [-0.1, -0.05) is 24.3 Å². The molecule has 2 aromatic carbocycles. The normalized spacial score (nSPS) is 25.0. The molecule has 1 aliphatic carbocycles. The van der Waals surface area contributed by atoms with Gasteiger partial charge in [0.1, 0.15) is 6.10 Å². The Morgan fingerprint density at radius 2 is 1.58 bits per heavy atom. The second kappa shape index (κ2) is 10.8. The van der Waals surface area contributed by atoms with Gasteiger partial charge in [-0.05, 0) is 35.4 Å². The predicted molar refractivity (Wildman–Crippen MR) is 114 cm³/mol. The number of carbonyl (C=O) groups is 1. The Morgan fingerprint density at radius 3 is 2.17 bits per heavy atom. The zero-order chi connectivity index (χ0) is 26.7. The molecule has 36 heavy (non-hydrogen) atoms. The summed E-state index contributed by atoms with van der Waals surface area (Å²) in [6, 6.07) is 8.50. The molecule has 6 nitrogen and oxygen atoms in total. The highest BCUT2D eigenvalue weighted by atomic mass is 19.4. The Kier molecular flexibility index (Phi) is 8.33. The summed E-state index contributed by atoms with van der Waals surface area (Å²) in [4.78, 5) is 12.8. The van der Waals surface area contributed by atoms with Crippen LogP contribution in [0, 0.1) is 0 Å². The number of rotatable bonds is 7. The van der Waals surface area contributed by atoms with Gasteiger partial charge < -0.3 is 25.0 Å². The van der Waals surface area contributed by atoms with E-state index in [1.807, 2.05) is 0 Å². The number of amides is 1. The lowest BCUT2D eigenvalue weighted by molar-refractivity contribution is -0.199. The number of halogens is 6. The molecule has 1 unspecified atom stereocenters. The number of aliphatic hydroxyl groups excluding tert-OH is 2. The first-order chi connectivity index (χ1) is 16.7. The first-order valence-corrected chi connectivity index (χ1v) is 10.9. The molecule has 4 atom stereocenters. The molecule has 3 rings (SSSR count). The molecule has 0 saturated heterocycles. The molecule has 1 fully saturated rings. The van der Waals surface area contributed by atoms with Crippen molar-refractivity contribution in [3.63, 3.8) is 0 Å². The molecule has 2 aromatic rings. The summed E-state index contributed by atoms with van der Waals surface area (Å²) < 4.78 is 88.8. The molecule has 1 aliphatic rings. The summed E-state index contributed by atoms with van der Waals surface area (Å²) in [5.74, 6) is -0.677. The van der Waals surface area contributed by atoms with Crippen molar-refractivity contribution >= 4 is 5.91 Å². The number of hydrogen-bond donors (Lipinski definition) is 3. The van der Waals surface area contributed by atoms with E-state index in [0.29, 0.717) is 5.56 Å². The highest BCUT2D eigenvalue weighted by Gasteiger charge is 2.51. The maximum absolute atomic E-state index is 13.0. The summed E-state index contributed by atoms with van der Waals surface area (Å²) in [5, 5.41) is 23.3. The third-order valence-corrected chi connectivity index (χ3v) is 6.00. The Labute approximate surface area is 202 Å². The number of benzene rings is 2. The second-order valence-corrected chi connectivity index (χ2v) is 8.57. The van der Waals surface area contributed by atoms with Gasteiger partial charge in [0, 0.05) is 19.9 Å². The standard InChI is InChI=1S/C24H25F6NO5/c1-31-21(34)22(36-13-15-3-2-4-17(9-15)24(28,29)30)10-18(32)20(33)19(11-22)35-12-14-5-7-16(8-6-14)23(25,26)27/h2-9,18-20,32-33H,10-13H2,1H3,(H,31,34)/t18-,19?,20-,22+/m1/s1. The van der Waals surface area contributed by atoms with Gasteiger partial charge in [-0.25, -0.2) is 0 Å². The quantitative estimate of drug-likeness (QED) is 0.483. The fourth-order valence-corrected chi connectivity index (χ4v) is 4.04. The Bertz CT molecular complexity index is 1040. The predicted octanol–water partition coefficient (Wildman–Crippen LogP) is 3.83. The van der Waals surface area contributed by atoms with Crippen LogP contribution in [0.1, 0.15) is 35.1 Å². The van der Waals surface area contributed by atoms with Gasteiger partial charge in [0.05, 0.1) is 36.5 Å². The van der Waals surface area contributed by atoms with Crippen LogP contribution < -0.4 is 5.32 Å². The summed E-state index contributed by atoms with van der Waals surface area (Å²) in [5.41, 5.74) is -3.00. The molecular formula is C24H25F6NO5. The van der Waals surface area contributed by atoms with E-state index in [1.165, 1.54) is 31.3 Å². The lowest BCUT2D eigenvalue weighted by Gasteiger charge is -2.43. The minimum absolute atomic E-state index is 0.135. The Hall–Kier alpha value is -2.67. The Morgan fingerprint density at radius 1 is 0.944 bits per heavy atom. The largest absolute Gasteiger partial charge is 0.416 e. The summed E-state index contributed by atoms with van der Waals surface area (Å²) in [6.45, 7) is -0.629. The van der Waals surface area contributed by atoms with Gasteiger partial charge in [-0.2, -0.15) is 26.3 Å². The van der Waals surface area contributed by atoms with Crippen LogP contribution in [0.3, 0.4) is 0 Å². The van der Waals surface area contributed by atoms with Crippen molar-refractivity contribution in [3.05, 3.63) is 70.8 Å². The topological polar surface area (TPSA) is 88.0 Å². The molecule has 0 heterocycles. The van der Waals surface area contributed by atoms with Crippen LogP contribution in [0.4, 0.5) is 26.3 Å². The number of aliphatic hydroxyl groups is 2. The van der Waals surface area contributed by atoms with Crippen molar-refractivity contribution in [2.45, 2.75) is 62.3 Å². The monoisotopic (exact) mass is 521 g/mol. The van der Waals surface area contributed by atoms with Gasteiger partial charge in [0.25, 0.3) is 5.91 Å². The fraction of sp³-hybridized carbons (Fsp3) is 0.458. The average Bonchev–Trinajstić information content (AvgIpc) is 2.82. The van der Waals surface area contributed by atoms with Crippen molar-refractivity contribution < 1.29 is 50.8 Å². The lowest BCUT2D eigenvalue weighted by atomic mass is 9.78. The van der Waals surface area contributed by atoms with Crippen LogP contribution in [0.5, 0.6) is 0 Å². The average molecular weight is 521 g/mol. The number of carbonyl (C=O) groups excluding carboxylic acids is 1. The summed E-state index contributed by atoms with van der Waals surface area (Å²) >= 11 is 0. The highest BCUT2D eigenvalue weighted by Crippen LogP contribution is 2.36. The van der Waals surface area contributed by atoms with E-state index >= 15 is 0 Å². The fourth-order valence-electron chi connectivity index (χ4n) is 4.04. The van der Waals surface area contributed by atoms with Crippen LogP contribution in [0.25, 0.3) is 0 Å². The van der Waals surface area contributed by atoms with Gasteiger partial charge in [0.2, 0.25) is 0 Å². The van der Waals surface area contributed by atoms with Gasteiger partial charge in [0.15, 0.2) is 5.60 Å². The van der Waals surface area contributed by atoms with Crippen molar-refractivity contribution in [1.29, 1.82) is 0 Å². The van der Waals surface area contributed by atoms with Crippen LogP contribution in [0.2, 0.25) is 0 Å². The zero-order valence-corrected chi connectivity index (χ0v) is 19.1. The molecule has 1 amide bonds. The molecule has 0 bridgehead atoms. The smallest absolute Gasteiger partial charge is 0.390 e. The highest BCUT2D eigenvalue weighted by molar-refractivity contribution is 5.85. The molecule has 0 spiro atoms. The number of hydrogen-bond acceptors (Lipinski definition) is 5. The zero-order valence-electron chi connectivity index (χ0n) is 19.1. The molecular weight excluding hydrogens is 496 g/mol. The minimum atomic E-state index is -4.57. The van der Waals surface area contributed by atoms with E-state index < -0.39 is 59.9 Å². The molecule has 3 N–H and O–H groups in total. The van der Waals surface area contributed by atoms with Crippen LogP contribution in [-0.2, 0) is 39.8 Å². The summed E-state index contributed by atoms with van der Waals surface area (Å²) in [6.07, 6.45) is -13.8. The molecule has 0 aliphatic heterocycles. The van der Waals surface area contributed by atoms with Gasteiger partial charge in [-0.3, -0.25) is 4.79 Å². The van der Waals surface area contributed by atoms with Gasteiger partial charge >= 0.3 is 12.4 Å². The third-order valence-electron chi connectivity index (χ3n) is 6.00. The van der Waals surface area contributed by atoms with E-state index in [9.17, 15) is 41.4 Å². The molecule has 198 valence electrons. The maximum atomic E-state index is 13.0. The minimum Gasteiger partial charge on any atom is -0.390 e. The number of likely N-dealkylation sites (N-methyl/N-ethyl adjacent to an activating group) is 1. The summed E-state index contributed by atoms with van der Waals surface area (Å²) in [7, 11) is 1.31. The SMILES string of the molecule is CNC(=O)[C@@]1(OCc2cccc(C(F)(F)F)c2)CC(OCc2ccc(C(F)(F)F)cc2)[C@H](O)[C@H](O)C1. The molecule has 0 aromatic heterocycles. The van der Waals surface area contributed by atoms with E-state index in [2.05, 4.69) is 5.32 Å². The van der Waals surface area contributed by atoms with Crippen LogP contribution >= 0.6 is 0 Å². The van der Waals surface area contributed by atoms with Crippen LogP contribution in [-0.4, -0.2) is 47.1 Å². The molecule has 0 radical (unpaired) electrons. The van der Waals surface area contributed by atoms with E-state index in [4.69, 9.17) is 9.47 Å². The molecule has 1 saturated carbocycles. The lowest BCUT2D eigenvalue weighted by Crippen LogP contribution is -2.60. The van der Waals surface area contributed by atoms with Crippen molar-refractivity contribution in [1.82, 2.24) is 5.32 Å².